The second-order valence-corrected chi connectivity index (χ2v) is 4.51. The Morgan fingerprint density at radius 2 is 2.28 bits per heavy atom. The van der Waals surface area contributed by atoms with E-state index in [0.29, 0.717) is 12.1 Å². The number of aromatic nitrogens is 5. The van der Waals surface area contributed by atoms with Gasteiger partial charge in [0.1, 0.15) is 12.3 Å². The molecule has 0 spiro atoms. The summed E-state index contributed by atoms with van der Waals surface area (Å²) in [4.78, 5) is 25.7. The first-order valence-corrected chi connectivity index (χ1v) is 5.56. The van der Waals surface area contributed by atoms with Gasteiger partial charge in [0.2, 0.25) is 0 Å². The maximum absolute atomic E-state index is 11.9. The molecular weight excluding hydrogens is 242 g/mol. The first kappa shape index (κ1) is 9.97. The monoisotopic (exact) mass is 251 g/mol. The summed E-state index contributed by atoms with van der Waals surface area (Å²) in [6, 6.07) is 0. The second kappa shape index (κ2) is 3.06. The largest absolute Gasteiger partial charge is 0.390 e. The number of hydrogen-bond acceptors (Lipinski definition) is 6. The van der Waals surface area contributed by atoms with Gasteiger partial charge >= 0.3 is 5.69 Å². The molecular formula is C9H9N5O4. The normalized spacial score (nSPS) is 29.7. The van der Waals surface area contributed by atoms with E-state index < -0.39 is 29.7 Å². The average molecular weight is 251 g/mol. The van der Waals surface area contributed by atoms with Crippen molar-refractivity contribution in [1.82, 2.24) is 24.5 Å². The second-order valence-electron chi connectivity index (χ2n) is 4.51. The van der Waals surface area contributed by atoms with Crippen LogP contribution in [-0.4, -0.2) is 41.9 Å². The van der Waals surface area contributed by atoms with Crippen LogP contribution in [0.15, 0.2) is 9.59 Å². The van der Waals surface area contributed by atoms with E-state index in [1.165, 1.54) is 9.25 Å². The van der Waals surface area contributed by atoms with Crippen molar-refractivity contribution < 1.29 is 9.84 Å². The third-order valence-electron chi connectivity index (χ3n) is 3.44. The Balaban J connectivity index is 2.15. The highest BCUT2D eigenvalue weighted by Gasteiger charge is 2.40. The number of fused-ring (bicyclic) bond motifs is 3. The van der Waals surface area contributed by atoms with Crippen LogP contribution in [-0.2, 0) is 11.3 Å². The van der Waals surface area contributed by atoms with Gasteiger partial charge in [-0.25, -0.2) is 14.0 Å². The number of H-pyrrole nitrogens is 1. The lowest BCUT2D eigenvalue weighted by Gasteiger charge is -2.13. The Bertz CT molecular complexity index is 758. The molecule has 18 heavy (non-hydrogen) atoms. The van der Waals surface area contributed by atoms with Crippen molar-refractivity contribution in [2.45, 2.75) is 31.4 Å². The van der Waals surface area contributed by atoms with Gasteiger partial charge in [-0.05, 0) is 0 Å². The fraction of sp³-hybridized carbons (Fsp3) is 0.556. The van der Waals surface area contributed by atoms with Crippen LogP contribution in [0.2, 0.25) is 0 Å². The fourth-order valence-corrected chi connectivity index (χ4v) is 2.60. The molecule has 2 aliphatic rings. The van der Waals surface area contributed by atoms with E-state index in [4.69, 9.17) is 4.74 Å². The number of ether oxygens (including phenoxy) is 1. The Morgan fingerprint density at radius 3 is 3.11 bits per heavy atom. The molecule has 2 aromatic rings. The lowest BCUT2D eigenvalue weighted by Crippen LogP contribution is -2.33. The summed E-state index contributed by atoms with van der Waals surface area (Å²) in [5.41, 5.74) is -0.671. The van der Waals surface area contributed by atoms with Crippen LogP contribution in [0.5, 0.6) is 0 Å². The van der Waals surface area contributed by atoms with Gasteiger partial charge in [0.25, 0.3) is 5.56 Å². The number of nitrogens with zero attached hydrogens (tertiary/aromatic N) is 4. The van der Waals surface area contributed by atoms with Gasteiger partial charge in [-0.2, -0.15) is 0 Å². The summed E-state index contributed by atoms with van der Waals surface area (Å²) >= 11 is 0. The number of aliphatic hydroxyl groups excluding tert-OH is 1. The molecule has 1 unspecified atom stereocenters. The first-order chi connectivity index (χ1) is 8.65. The fourth-order valence-electron chi connectivity index (χ4n) is 2.60. The summed E-state index contributed by atoms with van der Waals surface area (Å²) < 4.78 is 8.32. The molecule has 1 saturated heterocycles. The topological polar surface area (TPSA) is 115 Å². The van der Waals surface area contributed by atoms with Crippen molar-refractivity contribution in [2.75, 3.05) is 0 Å². The van der Waals surface area contributed by atoms with Crippen LogP contribution < -0.4 is 11.2 Å². The minimum atomic E-state index is -0.652. The smallest absolute Gasteiger partial charge is 0.332 e. The summed E-state index contributed by atoms with van der Waals surface area (Å²) in [7, 11) is 0. The number of hydrogen-bond donors (Lipinski definition) is 2. The predicted molar refractivity (Wildman–Crippen MR) is 56.9 cm³/mol. The molecule has 2 N–H and O–H groups in total. The lowest BCUT2D eigenvalue weighted by molar-refractivity contribution is -0.0206. The summed E-state index contributed by atoms with van der Waals surface area (Å²) in [5, 5.41) is 17.4. The minimum absolute atomic E-state index is 0.111. The average Bonchev–Trinajstić information content (AvgIpc) is 2.81. The van der Waals surface area contributed by atoms with Crippen molar-refractivity contribution in [3.05, 3.63) is 20.8 Å². The molecule has 1 fully saturated rings. The van der Waals surface area contributed by atoms with Crippen molar-refractivity contribution >= 4 is 11.2 Å². The summed E-state index contributed by atoms with van der Waals surface area (Å²) in [5.74, 6) is 0. The Kier molecular flexibility index (Phi) is 1.69. The molecule has 3 atom stereocenters. The van der Waals surface area contributed by atoms with Gasteiger partial charge in [-0.1, -0.05) is 5.21 Å². The molecule has 2 aliphatic heterocycles. The zero-order chi connectivity index (χ0) is 12.4. The predicted octanol–water partition coefficient (Wildman–Crippen LogP) is -2.06. The van der Waals surface area contributed by atoms with Crippen molar-refractivity contribution in [3.8, 4) is 0 Å². The molecule has 0 radical (unpaired) electrons. The SMILES string of the molecule is O=c1[nH]c(=O)n2c3c1nnn3C[C@H]1O[C@@H]2CC1O. The molecule has 9 nitrogen and oxygen atoms in total. The van der Waals surface area contributed by atoms with Gasteiger partial charge in [0.05, 0.1) is 12.6 Å². The molecule has 0 saturated carbocycles. The van der Waals surface area contributed by atoms with Crippen molar-refractivity contribution in [3.63, 3.8) is 0 Å². The molecule has 0 aliphatic carbocycles. The van der Waals surface area contributed by atoms with Gasteiger partial charge in [-0.3, -0.25) is 9.78 Å². The van der Waals surface area contributed by atoms with Crippen LogP contribution in [0.4, 0.5) is 0 Å². The van der Waals surface area contributed by atoms with Crippen molar-refractivity contribution in [1.29, 1.82) is 0 Å². The van der Waals surface area contributed by atoms with Gasteiger partial charge in [0, 0.05) is 6.42 Å². The maximum atomic E-state index is 11.9. The lowest BCUT2D eigenvalue weighted by atomic mass is 10.1. The summed E-state index contributed by atoms with van der Waals surface area (Å²) in [6.07, 6.45) is -1.36. The number of rotatable bonds is 0. The van der Waals surface area contributed by atoms with Gasteiger partial charge in [0.15, 0.2) is 11.2 Å². The highest BCUT2D eigenvalue weighted by atomic mass is 16.5. The van der Waals surface area contributed by atoms with E-state index in [1.807, 2.05) is 0 Å². The zero-order valence-electron chi connectivity index (χ0n) is 9.11. The van der Waals surface area contributed by atoms with E-state index in [1.54, 1.807) is 0 Å². The van der Waals surface area contributed by atoms with Crippen LogP contribution in [0.3, 0.4) is 0 Å². The van der Waals surface area contributed by atoms with Gasteiger partial charge < -0.3 is 9.84 Å². The number of nitrogens with one attached hydrogen (secondary N) is 1. The first-order valence-electron chi connectivity index (χ1n) is 5.56. The Morgan fingerprint density at radius 1 is 1.44 bits per heavy atom. The van der Waals surface area contributed by atoms with Crippen LogP contribution in [0, 0.1) is 0 Å². The van der Waals surface area contributed by atoms with E-state index >= 15 is 0 Å². The highest BCUT2D eigenvalue weighted by Crippen LogP contribution is 2.32. The minimum Gasteiger partial charge on any atom is -0.390 e. The number of aromatic amines is 1. The molecule has 0 amide bonds. The maximum Gasteiger partial charge on any atom is 0.332 e. The third-order valence-corrected chi connectivity index (χ3v) is 3.44. The Labute approximate surface area is 98.6 Å². The molecule has 4 heterocycles. The summed E-state index contributed by atoms with van der Waals surface area (Å²) in [6.45, 7) is 0.275. The van der Waals surface area contributed by atoms with Crippen LogP contribution >= 0.6 is 0 Å². The van der Waals surface area contributed by atoms with Crippen molar-refractivity contribution in [2.24, 2.45) is 0 Å². The number of aliphatic hydroxyl groups is 1. The van der Waals surface area contributed by atoms with E-state index in [2.05, 4.69) is 15.3 Å². The van der Waals surface area contributed by atoms with E-state index in [0.717, 1.165) is 0 Å². The standard InChI is InChI=1S/C9H9N5O4/c15-3-1-5-14-8-6(7(16)10-9(14)17)11-12-13(8)2-4(3)18-5/h3-5,15H,1-2H2,(H,10,16,17)/t3?,4-,5-/m1/s1. The van der Waals surface area contributed by atoms with E-state index in [9.17, 15) is 14.7 Å². The molecule has 9 heteroatoms. The molecule has 4 rings (SSSR count). The quantitative estimate of drug-likeness (QED) is 0.556. The molecule has 0 aromatic carbocycles. The highest BCUT2D eigenvalue weighted by molar-refractivity contribution is 5.68. The molecule has 2 bridgehead atoms. The molecule has 2 aromatic heterocycles. The third kappa shape index (κ3) is 1.07. The Hall–Kier alpha value is -2.00. The van der Waals surface area contributed by atoms with Crippen LogP contribution in [0.1, 0.15) is 12.6 Å². The zero-order valence-corrected chi connectivity index (χ0v) is 9.11. The van der Waals surface area contributed by atoms with E-state index in [-0.39, 0.29) is 12.1 Å². The molecule has 94 valence electrons. The van der Waals surface area contributed by atoms with Gasteiger partial charge in [-0.15, -0.1) is 5.10 Å². The van der Waals surface area contributed by atoms with Crippen LogP contribution in [0.25, 0.3) is 11.2 Å².